The number of halogens is 1. The minimum atomic E-state index is -2.19. The van der Waals surface area contributed by atoms with Crippen molar-refractivity contribution in [3.8, 4) is 0 Å². The zero-order valence-electron chi connectivity index (χ0n) is 20.3. The quantitative estimate of drug-likeness (QED) is 0.254. The number of ether oxygens (including phenoxy) is 2. The number of benzene rings is 1. The summed E-state index contributed by atoms with van der Waals surface area (Å²) in [6.07, 6.45) is -1.75. The van der Waals surface area contributed by atoms with Gasteiger partial charge < -0.3 is 23.9 Å². The first-order chi connectivity index (χ1) is 15.4. The third kappa shape index (κ3) is 5.22. The highest BCUT2D eigenvalue weighted by Gasteiger charge is 2.56. The Kier molecular flexibility index (Phi) is 8.11. The molecule has 2 aliphatic heterocycles. The Bertz CT molecular complexity index is 845. The molecule has 1 N–H and O–H groups in total. The van der Waals surface area contributed by atoms with Gasteiger partial charge in [0.05, 0.1) is 30.2 Å². The van der Waals surface area contributed by atoms with Crippen molar-refractivity contribution in [2.24, 2.45) is 11.8 Å². The Morgan fingerprint density at radius 3 is 2.48 bits per heavy atom. The average Bonchev–Trinajstić information content (AvgIpc) is 3.17. The molecule has 2 heterocycles. The summed E-state index contributed by atoms with van der Waals surface area (Å²) in [5.41, 5.74) is 0.918. The van der Waals surface area contributed by atoms with Crippen molar-refractivity contribution in [3.63, 3.8) is 0 Å². The number of alkyl halides is 1. The van der Waals surface area contributed by atoms with Crippen LogP contribution in [0, 0.1) is 11.8 Å². The Labute approximate surface area is 206 Å². The molecular weight excluding hydrogens is 506 g/mol. The molecule has 0 bridgehead atoms. The molecule has 3 rings (SSSR count). The van der Waals surface area contributed by atoms with Crippen molar-refractivity contribution in [3.05, 3.63) is 35.9 Å². The number of rotatable bonds is 6. The molecule has 0 aliphatic carbocycles. The number of carbonyl (C=O) groups excluding carboxylic acids is 2. The zero-order chi connectivity index (χ0) is 24.6. The number of nitrogens with zero attached hydrogens (tertiary/aromatic N) is 1. The maximum Gasteiger partial charge on any atom is 0.318 e. The lowest BCUT2D eigenvalue weighted by molar-refractivity contribution is -0.161. The van der Waals surface area contributed by atoms with Crippen molar-refractivity contribution in [2.45, 2.75) is 69.0 Å². The molecule has 0 saturated carbocycles. The van der Waals surface area contributed by atoms with Gasteiger partial charge in [0.1, 0.15) is 12.1 Å². The summed E-state index contributed by atoms with van der Waals surface area (Å²) in [7, 11) is -2.19. The Morgan fingerprint density at radius 2 is 1.91 bits per heavy atom. The molecule has 9 heteroatoms. The van der Waals surface area contributed by atoms with Crippen molar-refractivity contribution < 1.29 is 28.6 Å². The molecule has 33 heavy (non-hydrogen) atoms. The van der Waals surface area contributed by atoms with Crippen LogP contribution in [0.4, 0.5) is 0 Å². The number of esters is 1. The van der Waals surface area contributed by atoms with Crippen LogP contribution in [0.1, 0.15) is 39.3 Å². The summed E-state index contributed by atoms with van der Waals surface area (Å²) in [6.45, 7) is 12.8. The van der Waals surface area contributed by atoms with Crippen LogP contribution in [0.3, 0.4) is 0 Å². The van der Waals surface area contributed by atoms with Gasteiger partial charge >= 0.3 is 5.97 Å². The zero-order valence-corrected chi connectivity index (χ0v) is 22.9. The van der Waals surface area contributed by atoms with Crippen molar-refractivity contribution in [2.75, 3.05) is 19.8 Å². The Balaban J connectivity index is 1.99. The number of amides is 1. The van der Waals surface area contributed by atoms with E-state index in [-0.39, 0.29) is 30.9 Å². The van der Waals surface area contributed by atoms with E-state index in [1.54, 1.807) is 11.8 Å². The fourth-order valence-electron chi connectivity index (χ4n) is 4.15. The van der Waals surface area contributed by atoms with Gasteiger partial charge in [-0.3, -0.25) is 9.59 Å². The van der Waals surface area contributed by atoms with Gasteiger partial charge in [-0.2, -0.15) is 0 Å². The standard InChI is InChI=1S/C24H36BrNO6Si/c1-7-30-23(29)18-16(13-32-33(5,6)24(2,3)4)20(27)19(25)22-26(21(18)28)17(14-31-22)15-11-9-8-10-12-15/h8-12,16-20,22,27H,7,13-14H2,1-6H3/t16-,17+,18?,19+,20+,22-/m1/s1. The third-order valence-electron chi connectivity index (χ3n) is 7.19. The number of aliphatic hydroxyl groups excluding tert-OH is 1. The molecule has 1 aromatic carbocycles. The number of hydrogen-bond acceptors (Lipinski definition) is 6. The molecule has 0 spiro atoms. The normalized spacial score (nSPS) is 30.7. The molecule has 2 fully saturated rings. The predicted octanol–water partition coefficient (Wildman–Crippen LogP) is 3.87. The van der Waals surface area contributed by atoms with Crippen LogP contribution in [0.5, 0.6) is 0 Å². The predicted molar refractivity (Wildman–Crippen MR) is 131 cm³/mol. The summed E-state index contributed by atoms with van der Waals surface area (Å²) >= 11 is 3.59. The van der Waals surface area contributed by atoms with E-state index in [2.05, 4.69) is 49.8 Å². The van der Waals surface area contributed by atoms with E-state index >= 15 is 0 Å². The second-order valence-electron chi connectivity index (χ2n) is 10.3. The van der Waals surface area contributed by atoms with Crippen LogP contribution in [-0.4, -0.2) is 67.2 Å². The van der Waals surface area contributed by atoms with Gasteiger partial charge in [0.15, 0.2) is 8.32 Å². The summed E-state index contributed by atoms with van der Waals surface area (Å²) < 4.78 is 17.7. The number of carbonyl (C=O) groups is 2. The molecule has 2 saturated heterocycles. The summed E-state index contributed by atoms with van der Waals surface area (Å²) in [5, 5.41) is 11.3. The van der Waals surface area contributed by atoms with E-state index < -0.39 is 49.2 Å². The molecule has 0 radical (unpaired) electrons. The fourth-order valence-corrected chi connectivity index (χ4v) is 5.99. The Hall–Kier alpha value is -1.26. The molecular formula is C24H36BrNO6Si. The minimum absolute atomic E-state index is 0.0541. The van der Waals surface area contributed by atoms with Gasteiger partial charge in [0, 0.05) is 12.5 Å². The second kappa shape index (κ2) is 10.2. The van der Waals surface area contributed by atoms with E-state index in [1.165, 1.54) is 0 Å². The van der Waals surface area contributed by atoms with Crippen molar-refractivity contribution in [1.82, 2.24) is 4.90 Å². The number of fused-ring (bicyclic) bond motifs is 1. The van der Waals surface area contributed by atoms with E-state index in [1.807, 2.05) is 30.3 Å². The minimum Gasteiger partial charge on any atom is -0.465 e. The van der Waals surface area contributed by atoms with Crippen LogP contribution in [0.2, 0.25) is 18.1 Å². The lowest BCUT2D eigenvalue weighted by atomic mass is 9.87. The molecule has 2 aliphatic rings. The van der Waals surface area contributed by atoms with E-state index in [0.29, 0.717) is 0 Å². The van der Waals surface area contributed by atoms with Gasteiger partial charge in [0.25, 0.3) is 0 Å². The topological polar surface area (TPSA) is 85.3 Å². The van der Waals surface area contributed by atoms with Gasteiger partial charge in [0.2, 0.25) is 5.91 Å². The highest BCUT2D eigenvalue weighted by molar-refractivity contribution is 9.09. The smallest absolute Gasteiger partial charge is 0.318 e. The average molecular weight is 543 g/mol. The maximum atomic E-state index is 13.9. The summed E-state index contributed by atoms with van der Waals surface area (Å²) in [4.78, 5) is 28.0. The highest BCUT2D eigenvalue weighted by Crippen LogP contribution is 2.43. The van der Waals surface area contributed by atoms with Crippen molar-refractivity contribution >= 4 is 36.1 Å². The first-order valence-electron chi connectivity index (χ1n) is 11.5. The highest BCUT2D eigenvalue weighted by atomic mass is 79.9. The van der Waals surface area contributed by atoms with Crippen LogP contribution >= 0.6 is 15.9 Å². The molecule has 0 aromatic heterocycles. The van der Waals surface area contributed by atoms with Crippen molar-refractivity contribution in [1.29, 1.82) is 0 Å². The Morgan fingerprint density at radius 1 is 1.27 bits per heavy atom. The molecule has 1 unspecified atom stereocenters. The van der Waals surface area contributed by atoms with Crippen LogP contribution in [0.15, 0.2) is 30.3 Å². The van der Waals surface area contributed by atoms with E-state index in [0.717, 1.165) is 5.56 Å². The monoisotopic (exact) mass is 541 g/mol. The van der Waals surface area contributed by atoms with E-state index in [9.17, 15) is 14.7 Å². The maximum absolute atomic E-state index is 13.9. The molecule has 1 amide bonds. The molecule has 6 atom stereocenters. The van der Waals surface area contributed by atoms with Crippen LogP contribution in [0.25, 0.3) is 0 Å². The second-order valence-corrected chi connectivity index (χ2v) is 16.2. The van der Waals surface area contributed by atoms with Gasteiger partial charge in [-0.1, -0.05) is 67.0 Å². The lowest BCUT2D eigenvalue weighted by Gasteiger charge is -2.38. The number of hydrogen-bond donors (Lipinski definition) is 1. The van der Waals surface area contributed by atoms with Gasteiger partial charge in [-0.25, -0.2) is 0 Å². The van der Waals surface area contributed by atoms with Crippen LogP contribution < -0.4 is 0 Å². The lowest BCUT2D eigenvalue weighted by Crippen LogP contribution is -2.48. The largest absolute Gasteiger partial charge is 0.465 e. The first-order valence-corrected chi connectivity index (χ1v) is 15.3. The van der Waals surface area contributed by atoms with Gasteiger partial charge in [-0.15, -0.1) is 0 Å². The van der Waals surface area contributed by atoms with Gasteiger partial charge in [-0.05, 0) is 30.6 Å². The molecule has 1 aromatic rings. The third-order valence-corrected chi connectivity index (χ3v) is 12.7. The van der Waals surface area contributed by atoms with E-state index in [4.69, 9.17) is 13.9 Å². The first kappa shape index (κ1) is 26.3. The van der Waals surface area contributed by atoms with Crippen LogP contribution in [-0.2, 0) is 23.5 Å². The molecule has 7 nitrogen and oxygen atoms in total. The summed E-state index contributed by atoms with van der Waals surface area (Å²) in [5.74, 6) is -2.97. The fraction of sp³-hybridized carbons (Fsp3) is 0.667. The SMILES string of the molecule is CCOC(=O)C1C(=O)N2[C@H](OC[C@H]2c2ccccc2)[C@@H](Br)[C@@H](O)[C@@H]1CO[Si](C)(C)C(C)(C)C. The number of aliphatic hydroxyl groups is 1. The molecule has 184 valence electrons. The summed E-state index contributed by atoms with van der Waals surface area (Å²) in [6, 6.07) is 9.24.